The minimum Gasteiger partial charge on any atom is -0.474 e. The summed E-state index contributed by atoms with van der Waals surface area (Å²) in [5, 5.41) is 0. The van der Waals surface area contributed by atoms with Gasteiger partial charge in [-0.2, -0.15) is 0 Å². The summed E-state index contributed by atoms with van der Waals surface area (Å²) in [6.07, 6.45) is 7.94. The molecule has 0 spiro atoms. The van der Waals surface area contributed by atoms with Crippen LogP contribution in [0, 0.1) is 5.92 Å². The SMILES string of the molecule is COC(=O)C(Oc1ccc(CN2C(=O)CCC3CC=CC=C32)cc1)c1ccccc1. The molecule has 2 atom stereocenters. The predicted molar refractivity (Wildman–Crippen MR) is 113 cm³/mol. The third-order valence-electron chi connectivity index (χ3n) is 5.60. The fourth-order valence-electron chi connectivity index (χ4n) is 3.98. The van der Waals surface area contributed by atoms with Gasteiger partial charge in [-0.05, 0) is 36.6 Å². The zero-order chi connectivity index (χ0) is 20.9. The molecule has 2 unspecified atom stereocenters. The van der Waals surface area contributed by atoms with Gasteiger partial charge in [-0.15, -0.1) is 0 Å². The van der Waals surface area contributed by atoms with E-state index in [1.165, 1.54) is 7.11 Å². The number of methoxy groups -OCH3 is 1. The number of carbonyl (C=O) groups is 2. The van der Waals surface area contributed by atoms with Crippen molar-refractivity contribution in [3.05, 3.63) is 89.6 Å². The Morgan fingerprint density at radius 3 is 2.63 bits per heavy atom. The Bertz CT molecular complexity index is 962. The van der Waals surface area contributed by atoms with E-state index in [9.17, 15) is 9.59 Å². The molecule has 1 saturated heterocycles. The van der Waals surface area contributed by atoms with Crippen molar-refractivity contribution in [2.24, 2.45) is 5.92 Å². The topological polar surface area (TPSA) is 55.8 Å². The Labute approximate surface area is 176 Å². The molecular formula is C25H25NO4. The number of amides is 1. The summed E-state index contributed by atoms with van der Waals surface area (Å²) in [7, 11) is 1.35. The number of likely N-dealkylation sites (tertiary alicyclic amines) is 1. The number of fused-ring (bicyclic) bond motifs is 1. The second kappa shape index (κ2) is 8.99. The fraction of sp³-hybridized carbons (Fsp3) is 0.280. The fourth-order valence-corrected chi connectivity index (χ4v) is 3.98. The molecule has 1 heterocycles. The third kappa shape index (κ3) is 4.30. The van der Waals surface area contributed by atoms with Crippen LogP contribution in [0.3, 0.4) is 0 Å². The van der Waals surface area contributed by atoms with Crippen molar-refractivity contribution in [1.29, 1.82) is 0 Å². The van der Waals surface area contributed by atoms with Gasteiger partial charge in [-0.1, -0.05) is 54.6 Å². The zero-order valence-electron chi connectivity index (χ0n) is 17.0. The van der Waals surface area contributed by atoms with Crippen LogP contribution in [0.5, 0.6) is 5.75 Å². The van der Waals surface area contributed by atoms with E-state index in [0.717, 1.165) is 29.7 Å². The lowest BCUT2D eigenvalue weighted by molar-refractivity contribution is -0.149. The maximum absolute atomic E-state index is 12.5. The Morgan fingerprint density at radius 2 is 1.90 bits per heavy atom. The van der Waals surface area contributed by atoms with Crippen LogP contribution >= 0.6 is 0 Å². The van der Waals surface area contributed by atoms with E-state index in [-0.39, 0.29) is 5.91 Å². The summed E-state index contributed by atoms with van der Waals surface area (Å²) >= 11 is 0. The van der Waals surface area contributed by atoms with Crippen molar-refractivity contribution >= 4 is 11.9 Å². The first-order valence-electron chi connectivity index (χ1n) is 10.2. The Kier molecular flexibility index (Phi) is 5.98. The number of esters is 1. The van der Waals surface area contributed by atoms with Crippen LogP contribution in [0.2, 0.25) is 0 Å². The van der Waals surface area contributed by atoms with Crippen LogP contribution in [-0.2, 0) is 20.9 Å². The first-order valence-corrected chi connectivity index (χ1v) is 10.2. The average Bonchev–Trinajstić information content (AvgIpc) is 2.80. The molecule has 1 amide bonds. The predicted octanol–water partition coefficient (Wildman–Crippen LogP) is 4.56. The zero-order valence-corrected chi connectivity index (χ0v) is 17.0. The van der Waals surface area contributed by atoms with E-state index < -0.39 is 12.1 Å². The van der Waals surface area contributed by atoms with Crippen molar-refractivity contribution in [1.82, 2.24) is 4.90 Å². The first kappa shape index (κ1) is 20.0. The quantitative estimate of drug-likeness (QED) is 0.664. The number of hydrogen-bond donors (Lipinski definition) is 0. The molecule has 1 aliphatic carbocycles. The molecule has 4 rings (SSSR count). The Hall–Kier alpha value is -3.34. The van der Waals surface area contributed by atoms with E-state index in [0.29, 0.717) is 24.6 Å². The molecule has 30 heavy (non-hydrogen) atoms. The number of rotatable bonds is 6. The third-order valence-corrected chi connectivity index (χ3v) is 5.60. The molecule has 0 radical (unpaired) electrons. The number of benzene rings is 2. The minimum atomic E-state index is -0.828. The minimum absolute atomic E-state index is 0.169. The normalized spacial score (nSPS) is 19.0. The monoisotopic (exact) mass is 403 g/mol. The molecule has 1 fully saturated rings. The van der Waals surface area contributed by atoms with Crippen LogP contribution in [-0.4, -0.2) is 23.9 Å². The van der Waals surface area contributed by atoms with Crippen LogP contribution in [0.1, 0.15) is 36.5 Å². The van der Waals surface area contributed by atoms with Gasteiger partial charge in [0.25, 0.3) is 0 Å². The largest absolute Gasteiger partial charge is 0.474 e. The van der Waals surface area contributed by atoms with Gasteiger partial charge in [0.1, 0.15) is 5.75 Å². The molecule has 2 aromatic rings. The van der Waals surface area contributed by atoms with Gasteiger partial charge >= 0.3 is 5.97 Å². The summed E-state index contributed by atoms with van der Waals surface area (Å²) in [6.45, 7) is 0.536. The van der Waals surface area contributed by atoms with Gasteiger partial charge in [0.2, 0.25) is 12.0 Å². The lowest BCUT2D eigenvalue weighted by Gasteiger charge is -2.36. The highest BCUT2D eigenvalue weighted by Crippen LogP contribution is 2.34. The smallest absolute Gasteiger partial charge is 0.351 e. The first-order chi connectivity index (χ1) is 14.7. The molecule has 0 saturated carbocycles. The average molecular weight is 403 g/mol. The van der Waals surface area contributed by atoms with Gasteiger partial charge in [-0.3, -0.25) is 4.79 Å². The van der Waals surface area contributed by atoms with E-state index >= 15 is 0 Å². The van der Waals surface area contributed by atoms with Gasteiger partial charge in [0.15, 0.2) is 0 Å². The molecule has 0 aromatic heterocycles. The molecule has 5 heteroatoms. The highest BCUT2D eigenvalue weighted by molar-refractivity contribution is 5.79. The van der Waals surface area contributed by atoms with Crippen molar-refractivity contribution in [2.75, 3.05) is 7.11 Å². The van der Waals surface area contributed by atoms with E-state index in [4.69, 9.17) is 9.47 Å². The van der Waals surface area contributed by atoms with Crippen LogP contribution < -0.4 is 4.74 Å². The van der Waals surface area contributed by atoms with Crippen molar-refractivity contribution < 1.29 is 19.1 Å². The summed E-state index contributed by atoms with van der Waals surface area (Å²) < 4.78 is 10.8. The molecule has 0 bridgehead atoms. The Balaban J connectivity index is 1.48. The molecule has 2 aliphatic rings. The standard InChI is InChI=1S/C25H25NO4/c1-29-25(28)24(20-8-3-2-4-9-20)30-21-14-11-18(12-15-21)17-26-22-10-6-5-7-19(22)13-16-23(26)27/h2-6,8-12,14-15,19,24H,7,13,16-17H2,1H3. The van der Waals surface area contributed by atoms with Gasteiger partial charge in [-0.25, -0.2) is 4.79 Å². The lowest BCUT2D eigenvalue weighted by Crippen LogP contribution is -2.37. The summed E-state index contributed by atoms with van der Waals surface area (Å²) in [5.74, 6) is 0.721. The number of allylic oxidation sites excluding steroid dienone is 4. The summed E-state index contributed by atoms with van der Waals surface area (Å²) in [6, 6.07) is 16.8. The molecule has 154 valence electrons. The van der Waals surface area contributed by atoms with E-state index in [2.05, 4.69) is 12.2 Å². The van der Waals surface area contributed by atoms with E-state index in [1.807, 2.05) is 65.6 Å². The molecule has 2 aromatic carbocycles. The van der Waals surface area contributed by atoms with Crippen LogP contribution in [0.4, 0.5) is 0 Å². The highest BCUT2D eigenvalue weighted by atomic mass is 16.6. The summed E-state index contributed by atoms with van der Waals surface area (Å²) in [4.78, 5) is 26.6. The molecule has 1 aliphatic heterocycles. The number of piperidine rings is 1. The second-order valence-corrected chi connectivity index (χ2v) is 7.55. The maximum Gasteiger partial charge on any atom is 0.351 e. The van der Waals surface area contributed by atoms with Crippen molar-refractivity contribution in [3.8, 4) is 5.75 Å². The maximum atomic E-state index is 12.5. The number of carbonyl (C=O) groups excluding carboxylic acids is 2. The van der Waals surface area contributed by atoms with Crippen LogP contribution in [0.25, 0.3) is 0 Å². The molecule has 5 nitrogen and oxygen atoms in total. The van der Waals surface area contributed by atoms with Crippen molar-refractivity contribution in [3.63, 3.8) is 0 Å². The number of hydrogen-bond acceptors (Lipinski definition) is 4. The Morgan fingerprint density at radius 1 is 1.13 bits per heavy atom. The van der Waals surface area contributed by atoms with Crippen molar-refractivity contribution in [2.45, 2.75) is 31.9 Å². The number of nitrogens with zero attached hydrogens (tertiary/aromatic N) is 1. The lowest BCUT2D eigenvalue weighted by atomic mass is 9.87. The van der Waals surface area contributed by atoms with Gasteiger partial charge in [0, 0.05) is 23.6 Å². The second-order valence-electron chi connectivity index (χ2n) is 7.55. The number of ether oxygens (including phenoxy) is 2. The van der Waals surface area contributed by atoms with Crippen LogP contribution in [0.15, 0.2) is 78.5 Å². The van der Waals surface area contributed by atoms with Gasteiger partial charge < -0.3 is 14.4 Å². The van der Waals surface area contributed by atoms with E-state index in [1.54, 1.807) is 0 Å². The molecular weight excluding hydrogens is 378 g/mol. The van der Waals surface area contributed by atoms with Gasteiger partial charge in [0.05, 0.1) is 13.7 Å². The molecule has 0 N–H and O–H groups in total. The highest BCUT2D eigenvalue weighted by Gasteiger charge is 2.31. The summed E-state index contributed by atoms with van der Waals surface area (Å²) in [5.41, 5.74) is 2.86.